The van der Waals surface area contributed by atoms with Gasteiger partial charge in [0.1, 0.15) is 0 Å². The van der Waals surface area contributed by atoms with Crippen LogP contribution < -0.4 is 5.32 Å². The molecule has 0 spiro atoms. The fourth-order valence-corrected chi connectivity index (χ4v) is 3.30. The van der Waals surface area contributed by atoms with E-state index in [1.807, 2.05) is 25.1 Å². The highest BCUT2D eigenvalue weighted by Gasteiger charge is 2.41. The molecule has 1 aromatic rings. The van der Waals surface area contributed by atoms with Crippen LogP contribution >= 0.6 is 31.9 Å². The number of benzene rings is 1. The minimum atomic E-state index is 0.0367. The van der Waals surface area contributed by atoms with E-state index in [4.69, 9.17) is 0 Å². The maximum Gasteiger partial charge on any atom is 0.251 e. The molecular formula is C14H17Br2NO. The van der Waals surface area contributed by atoms with E-state index in [0.717, 1.165) is 33.9 Å². The molecule has 0 radical (unpaired) electrons. The summed E-state index contributed by atoms with van der Waals surface area (Å²) in [6.45, 7) is 2.76. The summed E-state index contributed by atoms with van der Waals surface area (Å²) in [5, 5.41) is 4.09. The Bertz CT molecular complexity index is 455. The first-order valence-corrected chi connectivity index (χ1v) is 8.08. The van der Waals surface area contributed by atoms with Crippen LogP contribution in [0, 0.1) is 12.3 Å². The molecule has 1 fully saturated rings. The van der Waals surface area contributed by atoms with Gasteiger partial charge >= 0.3 is 0 Å². The third-order valence-corrected chi connectivity index (χ3v) is 4.54. The third-order valence-electron chi connectivity index (χ3n) is 3.65. The molecule has 4 heteroatoms. The molecule has 0 saturated heterocycles. The van der Waals surface area contributed by atoms with Crippen molar-refractivity contribution in [2.24, 2.45) is 5.41 Å². The lowest BCUT2D eigenvalue weighted by Gasteiger charge is -2.15. The lowest BCUT2D eigenvalue weighted by atomic mass is 10.0. The van der Waals surface area contributed by atoms with E-state index in [9.17, 15) is 4.79 Å². The van der Waals surface area contributed by atoms with Gasteiger partial charge in [0, 0.05) is 21.9 Å². The minimum Gasteiger partial charge on any atom is -0.351 e. The first-order valence-electron chi connectivity index (χ1n) is 6.17. The summed E-state index contributed by atoms with van der Waals surface area (Å²) in [4.78, 5) is 12.2. The molecule has 1 aliphatic carbocycles. The number of amides is 1. The van der Waals surface area contributed by atoms with Crippen LogP contribution in [0.2, 0.25) is 0 Å². The highest BCUT2D eigenvalue weighted by Crippen LogP contribution is 2.48. The summed E-state index contributed by atoms with van der Waals surface area (Å²) in [6, 6.07) is 5.80. The molecule has 1 aromatic carbocycles. The topological polar surface area (TPSA) is 29.1 Å². The van der Waals surface area contributed by atoms with Crippen LogP contribution in [0.3, 0.4) is 0 Å². The first-order chi connectivity index (χ1) is 8.56. The number of rotatable bonds is 5. The molecule has 98 valence electrons. The average Bonchev–Trinajstić information content (AvgIpc) is 3.10. The number of carbonyl (C=O) groups excluding carboxylic acids is 1. The second-order valence-corrected chi connectivity index (χ2v) is 6.79. The summed E-state index contributed by atoms with van der Waals surface area (Å²) in [7, 11) is 0. The van der Waals surface area contributed by atoms with E-state index in [1.54, 1.807) is 0 Å². The van der Waals surface area contributed by atoms with Crippen molar-refractivity contribution < 1.29 is 4.79 Å². The first kappa shape index (κ1) is 14.1. The summed E-state index contributed by atoms with van der Waals surface area (Å²) in [6.07, 6.45) is 3.61. The molecule has 2 rings (SSSR count). The van der Waals surface area contributed by atoms with Crippen molar-refractivity contribution in [2.45, 2.75) is 26.2 Å². The second-order valence-electron chi connectivity index (χ2n) is 5.08. The van der Waals surface area contributed by atoms with Crippen molar-refractivity contribution in [3.8, 4) is 0 Å². The lowest BCUT2D eigenvalue weighted by Crippen LogP contribution is -2.30. The highest BCUT2D eigenvalue weighted by atomic mass is 79.9. The maximum atomic E-state index is 12.2. The molecule has 2 nitrogen and oxygen atoms in total. The summed E-state index contributed by atoms with van der Waals surface area (Å²) < 4.78 is 0.944. The van der Waals surface area contributed by atoms with Crippen LogP contribution in [0.4, 0.5) is 0 Å². The SMILES string of the molecule is Cc1ccc(Br)cc1C(=O)NCC1(CCBr)CC1. The van der Waals surface area contributed by atoms with Crippen molar-refractivity contribution in [3.05, 3.63) is 33.8 Å². The van der Waals surface area contributed by atoms with Crippen molar-refractivity contribution in [1.82, 2.24) is 5.32 Å². The summed E-state index contributed by atoms with van der Waals surface area (Å²) in [5.74, 6) is 0.0367. The van der Waals surface area contributed by atoms with E-state index >= 15 is 0 Å². The Morgan fingerprint density at radius 2 is 2.17 bits per heavy atom. The van der Waals surface area contributed by atoms with E-state index < -0.39 is 0 Å². The fraction of sp³-hybridized carbons (Fsp3) is 0.500. The van der Waals surface area contributed by atoms with Gasteiger partial charge in [-0.2, -0.15) is 0 Å². The van der Waals surface area contributed by atoms with Crippen molar-refractivity contribution in [3.63, 3.8) is 0 Å². The van der Waals surface area contributed by atoms with Crippen LogP contribution in [-0.4, -0.2) is 17.8 Å². The Morgan fingerprint density at radius 3 is 2.78 bits per heavy atom. The van der Waals surface area contributed by atoms with Gasteiger partial charge in [-0.15, -0.1) is 0 Å². The number of aryl methyl sites for hydroxylation is 1. The Morgan fingerprint density at radius 1 is 1.44 bits per heavy atom. The maximum absolute atomic E-state index is 12.2. The standard InChI is InChI=1S/C14H17Br2NO/c1-10-2-3-11(16)8-12(10)13(18)17-9-14(4-5-14)6-7-15/h2-3,8H,4-7,9H2,1H3,(H,17,18). The molecule has 0 bridgehead atoms. The summed E-state index contributed by atoms with van der Waals surface area (Å²) in [5.41, 5.74) is 2.14. The monoisotopic (exact) mass is 373 g/mol. The van der Waals surface area contributed by atoms with E-state index in [1.165, 1.54) is 12.8 Å². The van der Waals surface area contributed by atoms with E-state index in [2.05, 4.69) is 37.2 Å². The molecule has 0 heterocycles. The Kier molecular flexibility index (Phi) is 4.49. The largest absolute Gasteiger partial charge is 0.351 e. The quantitative estimate of drug-likeness (QED) is 0.774. The molecule has 0 aliphatic heterocycles. The van der Waals surface area contributed by atoms with Crippen LogP contribution in [0.5, 0.6) is 0 Å². The molecule has 1 amide bonds. The minimum absolute atomic E-state index is 0.0367. The van der Waals surface area contributed by atoms with Gasteiger partial charge < -0.3 is 5.32 Å². The van der Waals surface area contributed by atoms with Gasteiger partial charge in [0.25, 0.3) is 5.91 Å². The predicted octanol–water partition coefficient (Wildman–Crippen LogP) is 4.05. The average molecular weight is 375 g/mol. The predicted molar refractivity (Wildman–Crippen MR) is 81.3 cm³/mol. The van der Waals surface area contributed by atoms with Gasteiger partial charge in [0.15, 0.2) is 0 Å². The zero-order valence-electron chi connectivity index (χ0n) is 10.4. The zero-order valence-corrected chi connectivity index (χ0v) is 13.6. The van der Waals surface area contributed by atoms with Crippen LogP contribution in [0.1, 0.15) is 35.2 Å². The van der Waals surface area contributed by atoms with E-state index in [0.29, 0.717) is 5.41 Å². The Balaban J connectivity index is 1.98. The van der Waals surface area contributed by atoms with Crippen molar-refractivity contribution >= 4 is 37.8 Å². The number of hydrogen-bond donors (Lipinski definition) is 1. The van der Waals surface area contributed by atoms with Gasteiger partial charge in [-0.3, -0.25) is 4.79 Å². The van der Waals surface area contributed by atoms with Crippen molar-refractivity contribution in [2.75, 3.05) is 11.9 Å². The molecule has 1 aliphatic rings. The van der Waals surface area contributed by atoms with Gasteiger partial charge in [0.2, 0.25) is 0 Å². The molecule has 0 unspecified atom stereocenters. The normalized spacial score (nSPS) is 16.4. The molecule has 18 heavy (non-hydrogen) atoms. The van der Waals surface area contributed by atoms with Gasteiger partial charge in [-0.05, 0) is 49.3 Å². The lowest BCUT2D eigenvalue weighted by molar-refractivity contribution is 0.0944. The third kappa shape index (κ3) is 3.35. The zero-order chi connectivity index (χ0) is 13.2. The van der Waals surface area contributed by atoms with Crippen LogP contribution in [0.25, 0.3) is 0 Å². The van der Waals surface area contributed by atoms with Gasteiger partial charge in [0.05, 0.1) is 0 Å². The van der Waals surface area contributed by atoms with Crippen molar-refractivity contribution in [1.29, 1.82) is 0 Å². The van der Waals surface area contributed by atoms with E-state index in [-0.39, 0.29) is 5.91 Å². The fourth-order valence-electron chi connectivity index (χ4n) is 2.09. The summed E-state index contributed by atoms with van der Waals surface area (Å²) >= 11 is 6.89. The van der Waals surface area contributed by atoms with Crippen LogP contribution in [-0.2, 0) is 0 Å². The molecular weight excluding hydrogens is 358 g/mol. The Labute approximate surface area is 125 Å². The smallest absolute Gasteiger partial charge is 0.251 e. The number of alkyl halides is 1. The molecule has 1 saturated carbocycles. The number of nitrogens with one attached hydrogen (secondary N) is 1. The van der Waals surface area contributed by atoms with Gasteiger partial charge in [-0.25, -0.2) is 0 Å². The number of carbonyl (C=O) groups is 1. The second kappa shape index (κ2) is 5.74. The molecule has 0 aromatic heterocycles. The number of hydrogen-bond acceptors (Lipinski definition) is 1. The van der Waals surface area contributed by atoms with Crippen LogP contribution in [0.15, 0.2) is 22.7 Å². The Hall–Kier alpha value is -0.350. The van der Waals surface area contributed by atoms with Gasteiger partial charge in [-0.1, -0.05) is 37.9 Å². The number of halogens is 2. The highest BCUT2D eigenvalue weighted by molar-refractivity contribution is 9.10. The molecule has 1 N–H and O–H groups in total. The molecule has 0 atom stereocenters.